The predicted octanol–water partition coefficient (Wildman–Crippen LogP) is 4.95. The first kappa shape index (κ1) is 18.1. The van der Waals surface area contributed by atoms with Crippen molar-refractivity contribution in [3.05, 3.63) is 70.8 Å². The SMILES string of the molecule is CN(c1ccccc1)S(=O)(=O)c1csc(-c2ncnc3ccc(Br)cc23)c1. The molecule has 0 spiro atoms. The average Bonchev–Trinajstić information content (AvgIpc) is 3.18. The maximum absolute atomic E-state index is 13.0. The number of hydrogen-bond acceptors (Lipinski definition) is 5. The molecule has 0 atom stereocenters. The fourth-order valence-corrected chi connectivity index (χ4v) is 5.57. The van der Waals surface area contributed by atoms with E-state index in [0.29, 0.717) is 5.69 Å². The van der Waals surface area contributed by atoms with Crippen molar-refractivity contribution in [2.75, 3.05) is 11.4 Å². The van der Waals surface area contributed by atoms with Gasteiger partial charge in [-0.2, -0.15) is 0 Å². The Morgan fingerprint density at radius 1 is 1.04 bits per heavy atom. The Morgan fingerprint density at radius 3 is 2.59 bits per heavy atom. The van der Waals surface area contributed by atoms with Crippen LogP contribution in [0.2, 0.25) is 0 Å². The summed E-state index contributed by atoms with van der Waals surface area (Å²) in [6, 6.07) is 16.4. The molecule has 27 heavy (non-hydrogen) atoms. The highest BCUT2D eigenvalue weighted by atomic mass is 79.9. The summed E-state index contributed by atoms with van der Waals surface area (Å²) in [6.45, 7) is 0. The second kappa shape index (κ2) is 7.03. The summed E-state index contributed by atoms with van der Waals surface area (Å²) in [5.41, 5.74) is 2.14. The van der Waals surface area contributed by atoms with E-state index >= 15 is 0 Å². The standard InChI is InChI=1S/C19H14BrN3O2S2/c1-23(14-5-3-2-4-6-14)27(24,25)15-10-18(26-11-15)19-16-9-13(20)7-8-17(16)21-12-22-19/h2-12H,1H3. The fourth-order valence-electron chi connectivity index (χ4n) is 2.74. The summed E-state index contributed by atoms with van der Waals surface area (Å²) >= 11 is 4.82. The molecule has 0 radical (unpaired) electrons. The second-order valence-corrected chi connectivity index (χ2v) is 9.63. The highest BCUT2D eigenvalue weighted by molar-refractivity contribution is 9.10. The molecule has 4 rings (SSSR count). The summed E-state index contributed by atoms with van der Waals surface area (Å²) in [5.74, 6) is 0. The van der Waals surface area contributed by atoms with E-state index in [-0.39, 0.29) is 4.90 Å². The van der Waals surface area contributed by atoms with E-state index in [2.05, 4.69) is 25.9 Å². The van der Waals surface area contributed by atoms with Gasteiger partial charge in [-0.15, -0.1) is 11.3 Å². The minimum Gasteiger partial charge on any atom is -0.269 e. The number of aromatic nitrogens is 2. The maximum Gasteiger partial charge on any atom is 0.264 e. The lowest BCUT2D eigenvalue weighted by Crippen LogP contribution is -2.26. The molecular weight excluding hydrogens is 446 g/mol. The molecule has 0 fully saturated rings. The van der Waals surface area contributed by atoms with E-state index in [1.165, 1.54) is 22.0 Å². The van der Waals surface area contributed by atoms with Crippen LogP contribution in [0, 0.1) is 0 Å². The summed E-state index contributed by atoms with van der Waals surface area (Å²) in [4.78, 5) is 9.69. The van der Waals surface area contributed by atoms with Crippen LogP contribution in [0.25, 0.3) is 21.5 Å². The third kappa shape index (κ3) is 3.36. The molecule has 0 aliphatic carbocycles. The van der Waals surface area contributed by atoms with Gasteiger partial charge < -0.3 is 0 Å². The Labute approximate surface area is 169 Å². The van der Waals surface area contributed by atoms with E-state index in [0.717, 1.165) is 25.9 Å². The first-order valence-electron chi connectivity index (χ1n) is 8.00. The van der Waals surface area contributed by atoms with Crippen molar-refractivity contribution in [1.82, 2.24) is 9.97 Å². The average molecular weight is 460 g/mol. The van der Waals surface area contributed by atoms with E-state index < -0.39 is 10.0 Å². The highest BCUT2D eigenvalue weighted by Gasteiger charge is 2.23. The Balaban J connectivity index is 1.77. The van der Waals surface area contributed by atoms with Gasteiger partial charge in [0.25, 0.3) is 10.0 Å². The van der Waals surface area contributed by atoms with Gasteiger partial charge in [0.1, 0.15) is 6.33 Å². The molecular formula is C19H14BrN3O2S2. The molecule has 2 aromatic carbocycles. The molecule has 4 aromatic rings. The van der Waals surface area contributed by atoms with Crippen LogP contribution in [0.15, 0.2) is 75.7 Å². The first-order valence-corrected chi connectivity index (χ1v) is 11.1. The third-order valence-electron chi connectivity index (χ3n) is 4.18. The fraction of sp³-hybridized carbons (Fsp3) is 0.0526. The molecule has 0 N–H and O–H groups in total. The number of anilines is 1. The molecule has 2 heterocycles. The second-order valence-electron chi connectivity index (χ2n) is 5.84. The lowest BCUT2D eigenvalue weighted by atomic mass is 10.1. The van der Waals surface area contributed by atoms with Crippen molar-refractivity contribution in [1.29, 1.82) is 0 Å². The molecule has 0 unspecified atom stereocenters. The number of fused-ring (bicyclic) bond motifs is 1. The van der Waals surface area contributed by atoms with Gasteiger partial charge in [-0.1, -0.05) is 34.1 Å². The zero-order valence-electron chi connectivity index (χ0n) is 14.2. The number of hydrogen-bond donors (Lipinski definition) is 0. The van der Waals surface area contributed by atoms with Crippen molar-refractivity contribution in [3.8, 4) is 10.6 Å². The van der Waals surface area contributed by atoms with Crippen LogP contribution in [-0.2, 0) is 10.0 Å². The number of rotatable bonds is 4. The van der Waals surface area contributed by atoms with E-state index in [9.17, 15) is 8.42 Å². The summed E-state index contributed by atoms with van der Waals surface area (Å²) in [5, 5.41) is 2.52. The molecule has 5 nitrogen and oxygen atoms in total. The van der Waals surface area contributed by atoms with Crippen molar-refractivity contribution in [2.24, 2.45) is 0 Å². The number of nitrogens with zero attached hydrogens (tertiary/aromatic N) is 3. The molecule has 0 amide bonds. The lowest BCUT2D eigenvalue weighted by molar-refractivity contribution is 0.595. The highest BCUT2D eigenvalue weighted by Crippen LogP contribution is 2.34. The number of para-hydroxylation sites is 1. The van der Waals surface area contributed by atoms with Gasteiger partial charge in [-0.25, -0.2) is 18.4 Å². The van der Waals surface area contributed by atoms with Crippen LogP contribution in [0.1, 0.15) is 0 Å². The van der Waals surface area contributed by atoms with Gasteiger partial charge in [0, 0.05) is 22.3 Å². The van der Waals surface area contributed by atoms with Crippen LogP contribution in [0.4, 0.5) is 5.69 Å². The lowest BCUT2D eigenvalue weighted by Gasteiger charge is -2.18. The molecule has 0 aliphatic rings. The van der Waals surface area contributed by atoms with Crippen LogP contribution in [0.5, 0.6) is 0 Å². The van der Waals surface area contributed by atoms with Crippen LogP contribution in [0.3, 0.4) is 0 Å². The molecule has 0 aliphatic heterocycles. The van der Waals surface area contributed by atoms with Crippen molar-refractivity contribution in [2.45, 2.75) is 4.90 Å². The minimum absolute atomic E-state index is 0.246. The van der Waals surface area contributed by atoms with Gasteiger partial charge >= 0.3 is 0 Å². The molecule has 8 heteroatoms. The molecule has 0 saturated carbocycles. The summed E-state index contributed by atoms with van der Waals surface area (Å²) in [6.07, 6.45) is 1.50. The quantitative estimate of drug-likeness (QED) is 0.433. The minimum atomic E-state index is -3.65. The maximum atomic E-state index is 13.0. The summed E-state index contributed by atoms with van der Waals surface area (Å²) < 4.78 is 28.2. The topological polar surface area (TPSA) is 63.2 Å². The van der Waals surface area contributed by atoms with E-state index in [1.807, 2.05) is 36.4 Å². The third-order valence-corrected chi connectivity index (χ3v) is 7.53. The number of thiophene rings is 1. The molecule has 2 aromatic heterocycles. The predicted molar refractivity (Wildman–Crippen MR) is 113 cm³/mol. The van der Waals surface area contributed by atoms with Crippen molar-refractivity contribution < 1.29 is 8.42 Å². The first-order chi connectivity index (χ1) is 13.0. The van der Waals surface area contributed by atoms with Crippen LogP contribution < -0.4 is 4.31 Å². The smallest absolute Gasteiger partial charge is 0.264 e. The van der Waals surface area contributed by atoms with Crippen LogP contribution >= 0.6 is 27.3 Å². The van der Waals surface area contributed by atoms with E-state index in [1.54, 1.807) is 30.6 Å². The van der Waals surface area contributed by atoms with Gasteiger partial charge in [0.05, 0.1) is 26.7 Å². The summed E-state index contributed by atoms with van der Waals surface area (Å²) in [7, 11) is -2.09. The van der Waals surface area contributed by atoms with Crippen LogP contribution in [-0.4, -0.2) is 25.4 Å². The Bertz CT molecular complexity index is 1220. The van der Waals surface area contributed by atoms with E-state index in [4.69, 9.17) is 0 Å². The zero-order valence-corrected chi connectivity index (χ0v) is 17.4. The number of sulfonamides is 1. The number of halogens is 1. The normalized spacial score (nSPS) is 11.6. The molecule has 0 saturated heterocycles. The van der Waals surface area contributed by atoms with Gasteiger partial charge in [0.2, 0.25) is 0 Å². The monoisotopic (exact) mass is 459 g/mol. The van der Waals surface area contributed by atoms with Gasteiger partial charge in [-0.3, -0.25) is 4.31 Å². The van der Waals surface area contributed by atoms with Gasteiger partial charge in [0.15, 0.2) is 0 Å². The Morgan fingerprint density at radius 2 is 1.81 bits per heavy atom. The Kier molecular flexibility index (Phi) is 4.71. The van der Waals surface area contributed by atoms with Gasteiger partial charge in [-0.05, 0) is 36.4 Å². The Hall–Kier alpha value is -2.29. The van der Waals surface area contributed by atoms with Crippen molar-refractivity contribution in [3.63, 3.8) is 0 Å². The molecule has 136 valence electrons. The molecule has 0 bridgehead atoms. The largest absolute Gasteiger partial charge is 0.269 e. The van der Waals surface area contributed by atoms with Crippen molar-refractivity contribution >= 4 is 53.9 Å². The number of benzene rings is 2. The zero-order chi connectivity index (χ0) is 19.0.